The first-order valence-electron chi connectivity index (χ1n) is 17.5. The second kappa shape index (κ2) is 15.2. The molecule has 0 unspecified atom stereocenters. The largest absolute Gasteiger partial charge is 0.393 e. The molecule has 0 bridgehead atoms. The maximum Gasteiger partial charge on any atom is 0.200 e. The summed E-state index contributed by atoms with van der Waals surface area (Å²) in [6.07, 6.45) is 0. The third-order valence-electron chi connectivity index (χ3n) is 9.30. The van der Waals surface area contributed by atoms with Gasteiger partial charge in [0.15, 0.2) is 40.7 Å². The number of halogens is 5. The number of hydrogen-bond acceptors (Lipinski definition) is 4. The smallest absolute Gasteiger partial charge is 0.200 e. The van der Waals surface area contributed by atoms with Crippen molar-refractivity contribution in [3.8, 4) is 39.5 Å². The zero-order valence-electron chi connectivity index (χ0n) is 29.4. The molecule has 56 heavy (non-hydrogen) atoms. The van der Waals surface area contributed by atoms with Crippen LogP contribution >= 0.6 is 0 Å². The summed E-state index contributed by atoms with van der Waals surface area (Å²) < 4.78 is 74.7. The van der Waals surface area contributed by atoms with E-state index in [2.05, 4.69) is 63.8 Å². The molecule has 2 heterocycles. The number of nitrogens with two attached hydrogens (primary N) is 1. The number of para-hydroxylation sites is 3. The predicted octanol–water partition coefficient (Wildman–Crippen LogP) is 12.3. The van der Waals surface area contributed by atoms with E-state index in [0.717, 1.165) is 21.9 Å². The molecule has 0 radical (unpaired) electrons. The normalized spacial score (nSPS) is 11.0. The molecule has 0 aliphatic rings. The molecule has 0 saturated carbocycles. The lowest BCUT2D eigenvalue weighted by atomic mass is 10.0. The number of rotatable bonds is 6. The van der Waals surface area contributed by atoms with Crippen molar-refractivity contribution in [2.75, 3.05) is 11.1 Å². The van der Waals surface area contributed by atoms with Crippen molar-refractivity contribution in [1.29, 1.82) is 0 Å². The Labute approximate surface area is 318 Å². The highest BCUT2D eigenvalue weighted by Crippen LogP contribution is 2.39. The molecule has 0 saturated heterocycles. The molecule has 0 atom stereocenters. The van der Waals surface area contributed by atoms with E-state index in [1.807, 2.05) is 91.0 Å². The van der Waals surface area contributed by atoms with Gasteiger partial charge in [-0.1, -0.05) is 146 Å². The Balaban J connectivity index is 0.000000312. The standard InChI is InChI=1S/C34H20F5N5.C12H10/c35-26-25(27(36)29(38)30(39)28(26)37)32-42-33(41-22-15-7-4-12-19(22)18-10-2-1-3-11-18)31(40)34(43-32)44-23-16-8-5-13-20(23)21-14-6-9-17-24(21)44;1-3-7-11(8-4-1)12-9-5-2-6-10-12/h1-17H,40H2,(H,41,42,43);1-10H. The Morgan fingerprint density at radius 3 is 1.41 bits per heavy atom. The number of nitrogens with zero attached hydrogens (tertiary/aromatic N) is 3. The number of anilines is 3. The van der Waals surface area contributed by atoms with E-state index in [0.29, 0.717) is 16.7 Å². The molecule has 3 N–H and O–H groups in total. The van der Waals surface area contributed by atoms with Gasteiger partial charge in [0.05, 0.1) is 16.6 Å². The fourth-order valence-electron chi connectivity index (χ4n) is 6.64. The van der Waals surface area contributed by atoms with Gasteiger partial charge in [0.1, 0.15) is 5.69 Å². The SMILES string of the molecule is Nc1c(Nc2ccccc2-c2ccccc2)nc(-c2c(F)c(F)c(F)c(F)c2F)nc1-n1c2ccccc2c2ccccc21.c1ccc(-c2ccccc2)cc1. The Kier molecular flexibility index (Phi) is 9.68. The molecular weight excluding hydrogens is 718 g/mol. The van der Waals surface area contributed by atoms with E-state index in [4.69, 9.17) is 5.73 Å². The highest BCUT2D eigenvalue weighted by molar-refractivity contribution is 6.09. The molecule has 0 aliphatic heterocycles. The average Bonchev–Trinajstić information content (AvgIpc) is 3.59. The molecule has 0 amide bonds. The first-order valence-corrected chi connectivity index (χ1v) is 17.5. The van der Waals surface area contributed by atoms with Gasteiger partial charge in [0.2, 0.25) is 5.82 Å². The number of benzene rings is 7. The van der Waals surface area contributed by atoms with Gasteiger partial charge in [-0.25, -0.2) is 31.9 Å². The minimum Gasteiger partial charge on any atom is -0.393 e. The Bertz CT molecular complexity index is 2730. The summed E-state index contributed by atoms with van der Waals surface area (Å²) in [6, 6.07) is 52.1. The molecule has 9 aromatic rings. The van der Waals surface area contributed by atoms with Gasteiger partial charge in [0.25, 0.3) is 0 Å². The van der Waals surface area contributed by atoms with Gasteiger partial charge in [-0.15, -0.1) is 0 Å². The van der Waals surface area contributed by atoms with Crippen LogP contribution < -0.4 is 11.1 Å². The molecule has 0 aliphatic carbocycles. The van der Waals surface area contributed by atoms with Crippen LogP contribution in [0.25, 0.3) is 61.3 Å². The van der Waals surface area contributed by atoms with Crippen LogP contribution in [0, 0.1) is 29.1 Å². The monoisotopic (exact) mass is 747 g/mol. The molecule has 2 aromatic heterocycles. The van der Waals surface area contributed by atoms with E-state index in [-0.39, 0.29) is 17.3 Å². The van der Waals surface area contributed by atoms with Crippen molar-refractivity contribution in [1.82, 2.24) is 14.5 Å². The highest BCUT2D eigenvalue weighted by Gasteiger charge is 2.30. The van der Waals surface area contributed by atoms with Crippen LogP contribution in [0.5, 0.6) is 0 Å². The molecule has 274 valence electrons. The minimum absolute atomic E-state index is 0.0176. The van der Waals surface area contributed by atoms with Crippen LogP contribution in [0.2, 0.25) is 0 Å². The van der Waals surface area contributed by atoms with Gasteiger partial charge >= 0.3 is 0 Å². The van der Waals surface area contributed by atoms with Crippen molar-refractivity contribution < 1.29 is 22.0 Å². The highest BCUT2D eigenvalue weighted by atomic mass is 19.2. The van der Waals surface area contributed by atoms with Crippen molar-refractivity contribution in [3.63, 3.8) is 0 Å². The number of aromatic nitrogens is 3. The van der Waals surface area contributed by atoms with E-state index < -0.39 is 40.5 Å². The van der Waals surface area contributed by atoms with Gasteiger partial charge in [-0.2, -0.15) is 0 Å². The first-order chi connectivity index (χ1) is 27.3. The predicted molar refractivity (Wildman–Crippen MR) is 213 cm³/mol. The van der Waals surface area contributed by atoms with Gasteiger partial charge in [0, 0.05) is 22.0 Å². The number of hydrogen-bond donors (Lipinski definition) is 2. The van der Waals surface area contributed by atoms with Crippen LogP contribution in [0.1, 0.15) is 0 Å². The Hall–Kier alpha value is -7.33. The summed E-state index contributed by atoms with van der Waals surface area (Å²) in [5, 5.41) is 4.80. The zero-order chi connectivity index (χ0) is 38.8. The van der Waals surface area contributed by atoms with Crippen LogP contribution in [0.3, 0.4) is 0 Å². The summed E-state index contributed by atoms with van der Waals surface area (Å²) in [5.74, 6) is -11.5. The van der Waals surface area contributed by atoms with Crippen molar-refractivity contribution in [2.24, 2.45) is 0 Å². The average molecular weight is 748 g/mol. The summed E-state index contributed by atoms with van der Waals surface area (Å²) >= 11 is 0. The molecule has 9 rings (SSSR count). The lowest BCUT2D eigenvalue weighted by Gasteiger charge is -2.18. The molecule has 7 aromatic carbocycles. The third-order valence-corrected chi connectivity index (χ3v) is 9.30. The maximum absolute atomic E-state index is 15.2. The van der Waals surface area contributed by atoms with E-state index in [1.54, 1.807) is 28.8 Å². The van der Waals surface area contributed by atoms with Crippen LogP contribution in [-0.4, -0.2) is 14.5 Å². The fourth-order valence-corrected chi connectivity index (χ4v) is 6.64. The van der Waals surface area contributed by atoms with E-state index >= 15 is 8.78 Å². The quantitative estimate of drug-likeness (QED) is 0.101. The number of nitrogens with one attached hydrogen (secondary N) is 1. The van der Waals surface area contributed by atoms with E-state index in [9.17, 15) is 13.2 Å². The molecule has 5 nitrogen and oxygen atoms in total. The van der Waals surface area contributed by atoms with Crippen LogP contribution in [-0.2, 0) is 0 Å². The van der Waals surface area contributed by atoms with Crippen LogP contribution in [0.4, 0.5) is 39.1 Å². The second-order valence-electron chi connectivity index (χ2n) is 12.7. The second-order valence-corrected chi connectivity index (χ2v) is 12.7. The van der Waals surface area contributed by atoms with Gasteiger partial charge < -0.3 is 11.1 Å². The topological polar surface area (TPSA) is 68.8 Å². The van der Waals surface area contributed by atoms with E-state index in [1.165, 1.54) is 11.1 Å². The first kappa shape index (κ1) is 35.7. The summed E-state index contributed by atoms with van der Waals surface area (Å²) in [4.78, 5) is 8.59. The zero-order valence-corrected chi connectivity index (χ0v) is 29.4. The summed E-state index contributed by atoms with van der Waals surface area (Å²) in [5.41, 5.74) is 11.4. The molecule has 0 spiro atoms. The van der Waals surface area contributed by atoms with Gasteiger partial charge in [-0.05, 0) is 34.9 Å². The Morgan fingerprint density at radius 2 is 0.875 bits per heavy atom. The lowest BCUT2D eigenvalue weighted by Crippen LogP contribution is -2.12. The van der Waals surface area contributed by atoms with Crippen molar-refractivity contribution >= 4 is 39.0 Å². The fraction of sp³-hybridized carbons (Fsp3) is 0. The van der Waals surface area contributed by atoms with Crippen molar-refractivity contribution in [3.05, 3.63) is 193 Å². The third kappa shape index (κ3) is 6.58. The number of fused-ring (bicyclic) bond motifs is 3. The Morgan fingerprint density at radius 1 is 0.446 bits per heavy atom. The summed E-state index contributed by atoms with van der Waals surface area (Å²) in [7, 11) is 0. The maximum atomic E-state index is 15.2. The number of nitrogen functional groups attached to an aromatic ring is 1. The minimum atomic E-state index is -2.28. The molecule has 0 fully saturated rings. The molecule has 10 heteroatoms. The summed E-state index contributed by atoms with van der Waals surface area (Å²) in [6.45, 7) is 0. The van der Waals surface area contributed by atoms with Crippen molar-refractivity contribution in [2.45, 2.75) is 0 Å². The molecular formula is C46H30F5N5. The van der Waals surface area contributed by atoms with Crippen LogP contribution in [0.15, 0.2) is 164 Å². The lowest BCUT2D eigenvalue weighted by molar-refractivity contribution is 0.381. The van der Waals surface area contributed by atoms with Gasteiger partial charge in [-0.3, -0.25) is 4.57 Å².